The molecule has 0 aliphatic carbocycles. The molecule has 7 nitrogen and oxygen atoms in total. The van der Waals surface area contributed by atoms with Crippen molar-refractivity contribution in [3.8, 4) is 0 Å². The van der Waals surface area contributed by atoms with E-state index in [4.69, 9.17) is 14.8 Å². The van der Waals surface area contributed by atoms with Crippen LogP contribution < -0.4 is 0 Å². The maximum absolute atomic E-state index is 10.7. The molecule has 1 atom stereocenters. The summed E-state index contributed by atoms with van der Waals surface area (Å²) in [6, 6.07) is 0. The van der Waals surface area contributed by atoms with Crippen LogP contribution in [0.5, 0.6) is 0 Å². The minimum absolute atomic E-state index is 0.183. The van der Waals surface area contributed by atoms with Crippen molar-refractivity contribution in [3.05, 3.63) is 24.3 Å². The van der Waals surface area contributed by atoms with E-state index < -0.39 is 32.9 Å². The van der Waals surface area contributed by atoms with E-state index in [1.54, 1.807) is 0 Å². The normalized spacial score (nSPS) is 14.3. The second-order valence-corrected chi connectivity index (χ2v) is 3.95. The van der Waals surface area contributed by atoms with Crippen molar-refractivity contribution < 1.29 is 32.8 Å². The zero-order valence-electron chi connectivity index (χ0n) is 7.32. The second-order valence-electron chi connectivity index (χ2n) is 2.41. The molecule has 0 fully saturated rings. The smallest absolute Gasteiger partial charge is 0.333 e. The molecule has 0 heterocycles. The maximum atomic E-state index is 10.7. The van der Waals surface area contributed by atoms with Crippen LogP contribution in [-0.4, -0.2) is 40.4 Å². The summed E-state index contributed by atoms with van der Waals surface area (Å²) >= 11 is 0. The van der Waals surface area contributed by atoms with Gasteiger partial charge >= 0.3 is 11.9 Å². The van der Waals surface area contributed by atoms with Crippen molar-refractivity contribution in [2.45, 2.75) is 5.25 Å². The largest absolute Gasteiger partial charge is 0.478 e. The summed E-state index contributed by atoms with van der Waals surface area (Å²) in [7, 11) is -4.74. The minimum atomic E-state index is -4.74. The average Bonchev–Trinajstić information content (AvgIpc) is 2.00. The van der Waals surface area contributed by atoms with Gasteiger partial charge in [0.2, 0.25) is 0 Å². The third-order valence-corrected chi connectivity index (χ3v) is 2.46. The third kappa shape index (κ3) is 3.92. The van der Waals surface area contributed by atoms with Crippen LogP contribution in [0.2, 0.25) is 0 Å². The van der Waals surface area contributed by atoms with Gasteiger partial charge < -0.3 is 10.2 Å². The lowest BCUT2D eigenvalue weighted by atomic mass is 10.1. The number of carboxylic acids is 2. The number of carbonyl (C=O) groups is 2. The van der Waals surface area contributed by atoms with Gasteiger partial charge in [-0.25, -0.2) is 9.59 Å². The van der Waals surface area contributed by atoms with E-state index in [0.29, 0.717) is 6.08 Å². The molecule has 0 amide bonds. The highest BCUT2D eigenvalue weighted by Gasteiger charge is 2.29. The summed E-state index contributed by atoms with van der Waals surface area (Å²) in [5.41, 5.74) is -0.986. The average molecular weight is 236 g/mol. The molecule has 0 rings (SSSR count). The molecular formula is C7H8O7S. The van der Waals surface area contributed by atoms with Gasteiger partial charge in [0.15, 0.2) is 0 Å². The Morgan fingerprint density at radius 1 is 1.27 bits per heavy atom. The Hall–Kier alpha value is -1.67. The SMILES string of the molecule is C=CC(/C(=C/C(=O)O)C(=O)O)S(=O)(=O)O. The fraction of sp³-hybridized carbons (Fsp3) is 0.143. The van der Waals surface area contributed by atoms with E-state index in [0.717, 1.165) is 0 Å². The van der Waals surface area contributed by atoms with Gasteiger partial charge in [-0.15, -0.1) is 6.58 Å². The lowest BCUT2D eigenvalue weighted by Crippen LogP contribution is -2.25. The van der Waals surface area contributed by atoms with Gasteiger partial charge in [0, 0.05) is 6.08 Å². The molecule has 0 aromatic carbocycles. The van der Waals surface area contributed by atoms with Gasteiger partial charge in [-0.2, -0.15) is 8.42 Å². The van der Waals surface area contributed by atoms with Crippen molar-refractivity contribution in [3.63, 3.8) is 0 Å². The van der Waals surface area contributed by atoms with Crippen molar-refractivity contribution in [1.29, 1.82) is 0 Å². The highest BCUT2D eigenvalue weighted by Crippen LogP contribution is 2.12. The lowest BCUT2D eigenvalue weighted by Gasteiger charge is -2.08. The van der Waals surface area contributed by atoms with Gasteiger partial charge in [-0.05, 0) is 0 Å². The standard InChI is InChI=1S/C7H8O7S/c1-2-5(15(12,13)14)4(7(10)11)3-6(8)9/h2-3,5H,1H2,(H,8,9)(H,10,11)(H,12,13,14)/b4-3-. The first-order chi connectivity index (χ1) is 6.70. The lowest BCUT2D eigenvalue weighted by molar-refractivity contribution is -0.135. The van der Waals surface area contributed by atoms with Gasteiger partial charge in [-0.3, -0.25) is 4.55 Å². The number of aliphatic carboxylic acids is 2. The zero-order chi connectivity index (χ0) is 12.2. The Labute approximate surface area is 85.1 Å². The van der Waals surface area contributed by atoms with E-state index in [9.17, 15) is 18.0 Å². The molecule has 8 heteroatoms. The highest BCUT2D eigenvalue weighted by molar-refractivity contribution is 7.86. The Balaban J connectivity index is 5.54. The van der Waals surface area contributed by atoms with Gasteiger partial charge in [0.1, 0.15) is 5.25 Å². The predicted molar refractivity (Wildman–Crippen MR) is 48.9 cm³/mol. The molecule has 0 radical (unpaired) electrons. The fourth-order valence-electron chi connectivity index (χ4n) is 0.808. The molecule has 3 N–H and O–H groups in total. The molecule has 0 aromatic heterocycles. The summed E-state index contributed by atoms with van der Waals surface area (Å²) in [5.74, 6) is -3.40. The first-order valence-electron chi connectivity index (χ1n) is 3.46. The number of rotatable bonds is 5. The molecule has 0 bridgehead atoms. The first-order valence-corrected chi connectivity index (χ1v) is 4.97. The minimum Gasteiger partial charge on any atom is -0.478 e. The van der Waals surface area contributed by atoms with Crippen LogP contribution in [0.1, 0.15) is 0 Å². The third-order valence-electron chi connectivity index (χ3n) is 1.37. The molecule has 0 aliphatic heterocycles. The Morgan fingerprint density at radius 3 is 1.93 bits per heavy atom. The van der Waals surface area contributed by atoms with Crippen LogP contribution in [0.3, 0.4) is 0 Å². The topological polar surface area (TPSA) is 129 Å². The van der Waals surface area contributed by atoms with E-state index in [2.05, 4.69) is 6.58 Å². The highest BCUT2D eigenvalue weighted by atomic mass is 32.2. The van der Waals surface area contributed by atoms with Crippen molar-refractivity contribution in [2.24, 2.45) is 0 Å². The fourth-order valence-corrected chi connectivity index (χ4v) is 1.54. The van der Waals surface area contributed by atoms with Gasteiger partial charge in [0.05, 0.1) is 5.57 Å². The number of hydrogen-bond acceptors (Lipinski definition) is 4. The van der Waals surface area contributed by atoms with Crippen LogP contribution in [-0.2, 0) is 19.7 Å². The monoisotopic (exact) mass is 236 g/mol. The summed E-state index contributed by atoms with van der Waals surface area (Å²) in [6.07, 6.45) is 0.806. The summed E-state index contributed by atoms with van der Waals surface area (Å²) in [6.45, 7) is 3.00. The first kappa shape index (κ1) is 13.3. The maximum Gasteiger partial charge on any atom is 0.333 e. The Kier molecular flexibility index (Phi) is 4.19. The quantitative estimate of drug-likeness (QED) is 0.334. The molecule has 0 aliphatic rings. The van der Waals surface area contributed by atoms with E-state index >= 15 is 0 Å². The van der Waals surface area contributed by atoms with E-state index in [1.807, 2.05) is 0 Å². The van der Waals surface area contributed by atoms with Gasteiger partial charge in [0.25, 0.3) is 10.1 Å². The summed E-state index contributed by atoms with van der Waals surface area (Å²) < 4.78 is 30.0. The summed E-state index contributed by atoms with van der Waals surface area (Å²) in [5, 5.41) is 14.9. The van der Waals surface area contributed by atoms with Crippen molar-refractivity contribution in [1.82, 2.24) is 0 Å². The Bertz CT molecular complexity index is 417. The van der Waals surface area contributed by atoms with Crippen LogP contribution >= 0.6 is 0 Å². The number of hydrogen-bond donors (Lipinski definition) is 3. The zero-order valence-corrected chi connectivity index (χ0v) is 8.14. The molecule has 0 saturated heterocycles. The van der Waals surface area contributed by atoms with Crippen molar-refractivity contribution >= 4 is 22.1 Å². The molecule has 1 unspecified atom stereocenters. The molecule has 0 saturated carbocycles. The second kappa shape index (κ2) is 4.71. The molecule has 0 aromatic rings. The van der Waals surface area contributed by atoms with Crippen LogP contribution in [0.25, 0.3) is 0 Å². The molecule has 15 heavy (non-hydrogen) atoms. The number of carboxylic acid groups (broad SMARTS) is 2. The van der Waals surface area contributed by atoms with Crippen LogP contribution in [0.15, 0.2) is 24.3 Å². The van der Waals surface area contributed by atoms with E-state index in [1.165, 1.54) is 0 Å². The van der Waals surface area contributed by atoms with E-state index in [-0.39, 0.29) is 6.08 Å². The van der Waals surface area contributed by atoms with Crippen LogP contribution in [0.4, 0.5) is 0 Å². The van der Waals surface area contributed by atoms with Crippen LogP contribution in [0, 0.1) is 0 Å². The predicted octanol–water partition coefficient (Wildman–Crippen LogP) is -0.476. The Morgan fingerprint density at radius 2 is 1.73 bits per heavy atom. The molecule has 84 valence electrons. The molecule has 0 spiro atoms. The van der Waals surface area contributed by atoms with Crippen molar-refractivity contribution in [2.75, 3.05) is 0 Å². The molecular weight excluding hydrogens is 228 g/mol. The summed E-state index contributed by atoms with van der Waals surface area (Å²) in [4.78, 5) is 20.7. The van der Waals surface area contributed by atoms with Gasteiger partial charge in [-0.1, -0.05) is 6.08 Å².